The second-order valence-electron chi connectivity index (χ2n) is 5.95. The van der Waals surface area contributed by atoms with Crippen molar-refractivity contribution in [3.63, 3.8) is 0 Å². The second-order valence-corrected chi connectivity index (χ2v) is 5.95. The Morgan fingerprint density at radius 2 is 1.95 bits per heavy atom. The van der Waals surface area contributed by atoms with E-state index in [9.17, 15) is 9.50 Å². The van der Waals surface area contributed by atoms with E-state index in [-0.39, 0.29) is 11.2 Å². The highest BCUT2D eigenvalue weighted by Crippen LogP contribution is 2.46. The third-order valence-corrected chi connectivity index (χ3v) is 4.42. The van der Waals surface area contributed by atoms with E-state index in [1.165, 1.54) is 18.6 Å². The Labute approximate surface area is 112 Å². The molecule has 0 spiro atoms. The molecule has 1 heterocycles. The lowest BCUT2D eigenvalue weighted by molar-refractivity contribution is -0.00523. The Balaban J connectivity index is 1.94. The van der Waals surface area contributed by atoms with Crippen molar-refractivity contribution in [3.05, 3.63) is 35.8 Å². The summed E-state index contributed by atoms with van der Waals surface area (Å²) < 4.78 is 18.9. The van der Waals surface area contributed by atoms with Crippen LogP contribution in [-0.2, 0) is 0 Å². The van der Waals surface area contributed by atoms with Crippen LogP contribution in [0, 0.1) is 11.2 Å². The van der Waals surface area contributed by atoms with Gasteiger partial charge in [0.25, 0.3) is 0 Å². The smallest absolute Gasteiger partial charge is 0.134 e. The molecule has 1 aliphatic carbocycles. The normalized spacial score (nSPS) is 20.6. The van der Waals surface area contributed by atoms with Gasteiger partial charge in [0.1, 0.15) is 23.3 Å². The number of benzene rings is 1. The summed E-state index contributed by atoms with van der Waals surface area (Å²) in [5.41, 5.74) is 0.514. The van der Waals surface area contributed by atoms with E-state index in [0.29, 0.717) is 16.7 Å². The van der Waals surface area contributed by atoms with Crippen molar-refractivity contribution >= 4 is 11.0 Å². The Bertz CT molecular complexity index is 581. The minimum Gasteiger partial charge on any atom is -0.458 e. The Hall–Kier alpha value is -1.35. The lowest BCUT2D eigenvalue weighted by Crippen LogP contribution is -2.27. The zero-order valence-corrected chi connectivity index (χ0v) is 11.2. The molecule has 1 saturated carbocycles. The first-order valence-corrected chi connectivity index (χ1v) is 6.96. The van der Waals surface area contributed by atoms with Crippen LogP contribution in [0.3, 0.4) is 0 Å². The molecule has 102 valence electrons. The van der Waals surface area contributed by atoms with Crippen LogP contribution < -0.4 is 0 Å². The third-order valence-electron chi connectivity index (χ3n) is 4.42. The maximum absolute atomic E-state index is 13.2. The summed E-state index contributed by atoms with van der Waals surface area (Å²) in [7, 11) is 0. The average molecular weight is 262 g/mol. The summed E-state index contributed by atoms with van der Waals surface area (Å²) in [4.78, 5) is 0. The van der Waals surface area contributed by atoms with Crippen LogP contribution in [0.5, 0.6) is 0 Å². The molecule has 1 N–H and O–H groups in total. The van der Waals surface area contributed by atoms with Crippen molar-refractivity contribution in [3.8, 4) is 0 Å². The fourth-order valence-electron chi connectivity index (χ4n) is 3.15. The number of hydrogen-bond acceptors (Lipinski definition) is 2. The molecule has 1 aliphatic rings. The van der Waals surface area contributed by atoms with Crippen LogP contribution in [0.1, 0.15) is 50.9 Å². The van der Waals surface area contributed by atoms with Gasteiger partial charge in [0.15, 0.2) is 0 Å². The van der Waals surface area contributed by atoms with Crippen molar-refractivity contribution in [2.75, 3.05) is 0 Å². The maximum Gasteiger partial charge on any atom is 0.134 e. The SMILES string of the molecule is CC1(C(O)c2cc3cc(F)ccc3o2)CCCCC1. The van der Waals surface area contributed by atoms with E-state index in [2.05, 4.69) is 6.92 Å². The van der Waals surface area contributed by atoms with E-state index in [4.69, 9.17) is 4.42 Å². The minimum atomic E-state index is -0.608. The predicted octanol–water partition coefficient (Wildman–Crippen LogP) is 4.58. The van der Waals surface area contributed by atoms with Crippen LogP contribution in [0.15, 0.2) is 28.7 Å². The Morgan fingerprint density at radius 1 is 1.21 bits per heavy atom. The lowest BCUT2D eigenvalue weighted by Gasteiger charge is -2.36. The Kier molecular flexibility index (Phi) is 3.09. The first kappa shape index (κ1) is 12.7. The number of aliphatic hydroxyl groups is 1. The number of aliphatic hydroxyl groups excluding tert-OH is 1. The van der Waals surface area contributed by atoms with Crippen molar-refractivity contribution in [1.29, 1.82) is 0 Å². The van der Waals surface area contributed by atoms with Crippen LogP contribution in [0.4, 0.5) is 4.39 Å². The molecule has 1 aromatic carbocycles. The summed E-state index contributed by atoms with van der Waals surface area (Å²) in [5, 5.41) is 11.3. The van der Waals surface area contributed by atoms with Crippen molar-refractivity contribution in [1.82, 2.24) is 0 Å². The molecule has 1 unspecified atom stereocenters. The topological polar surface area (TPSA) is 33.4 Å². The summed E-state index contributed by atoms with van der Waals surface area (Å²) in [6.07, 6.45) is 4.97. The summed E-state index contributed by atoms with van der Waals surface area (Å²) >= 11 is 0. The van der Waals surface area contributed by atoms with E-state index in [1.54, 1.807) is 12.1 Å². The van der Waals surface area contributed by atoms with Crippen molar-refractivity contribution in [2.24, 2.45) is 5.41 Å². The second kappa shape index (κ2) is 4.64. The van der Waals surface area contributed by atoms with Crippen molar-refractivity contribution < 1.29 is 13.9 Å². The molecule has 0 aliphatic heterocycles. The van der Waals surface area contributed by atoms with Crippen LogP contribution in [0.25, 0.3) is 11.0 Å². The minimum absolute atomic E-state index is 0.120. The monoisotopic (exact) mass is 262 g/mol. The quantitative estimate of drug-likeness (QED) is 0.859. The zero-order chi connectivity index (χ0) is 13.5. The van der Waals surface area contributed by atoms with Gasteiger partial charge < -0.3 is 9.52 Å². The molecular weight excluding hydrogens is 243 g/mol. The van der Waals surface area contributed by atoms with Gasteiger partial charge in [0.2, 0.25) is 0 Å². The van der Waals surface area contributed by atoms with Gasteiger partial charge in [0, 0.05) is 10.8 Å². The molecule has 0 bridgehead atoms. The van der Waals surface area contributed by atoms with Crippen LogP contribution in [-0.4, -0.2) is 5.11 Å². The highest BCUT2D eigenvalue weighted by molar-refractivity contribution is 5.78. The largest absolute Gasteiger partial charge is 0.458 e. The van der Waals surface area contributed by atoms with Gasteiger partial charge in [-0.15, -0.1) is 0 Å². The van der Waals surface area contributed by atoms with Gasteiger partial charge in [-0.1, -0.05) is 26.2 Å². The molecule has 3 rings (SSSR count). The van der Waals surface area contributed by atoms with Crippen LogP contribution in [0.2, 0.25) is 0 Å². The fraction of sp³-hybridized carbons (Fsp3) is 0.500. The van der Waals surface area contributed by atoms with E-state index < -0.39 is 6.10 Å². The van der Waals surface area contributed by atoms with Gasteiger partial charge >= 0.3 is 0 Å². The molecule has 1 aromatic heterocycles. The first-order chi connectivity index (χ1) is 9.08. The number of rotatable bonds is 2. The van der Waals surface area contributed by atoms with Crippen molar-refractivity contribution in [2.45, 2.75) is 45.1 Å². The molecule has 19 heavy (non-hydrogen) atoms. The number of halogens is 1. The molecule has 2 aromatic rings. The average Bonchev–Trinajstić information content (AvgIpc) is 2.81. The molecule has 0 amide bonds. The lowest BCUT2D eigenvalue weighted by atomic mass is 9.71. The van der Waals surface area contributed by atoms with Gasteiger partial charge in [-0.05, 0) is 37.1 Å². The van der Waals surface area contributed by atoms with E-state index in [0.717, 1.165) is 25.7 Å². The highest BCUT2D eigenvalue weighted by Gasteiger charge is 2.37. The Morgan fingerprint density at radius 3 is 2.68 bits per heavy atom. The van der Waals surface area contributed by atoms with Gasteiger partial charge in [0.05, 0.1) is 0 Å². The van der Waals surface area contributed by atoms with E-state index in [1.807, 2.05) is 0 Å². The molecule has 1 fully saturated rings. The van der Waals surface area contributed by atoms with Crippen LogP contribution >= 0.6 is 0 Å². The molecular formula is C16H19FO2. The maximum atomic E-state index is 13.2. The van der Waals surface area contributed by atoms with Gasteiger partial charge in [-0.2, -0.15) is 0 Å². The molecule has 3 heteroatoms. The summed E-state index contributed by atoms with van der Waals surface area (Å²) in [6, 6.07) is 6.20. The molecule has 1 atom stereocenters. The molecule has 0 saturated heterocycles. The first-order valence-electron chi connectivity index (χ1n) is 6.96. The van der Waals surface area contributed by atoms with Gasteiger partial charge in [-0.25, -0.2) is 4.39 Å². The highest BCUT2D eigenvalue weighted by atomic mass is 19.1. The summed E-state index contributed by atoms with van der Waals surface area (Å²) in [6.45, 7) is 2.12. The van der Waals surface area contributed by atoms with E-state index >= 15 is 0 Å². The molecule has 2 nitrogen and oxygen atoms in total. The predicted molar refractivity (Wildman–Crippen MR) is 72.3 cm³/mol. The number of fused-ring (bicyclic) bond motifs is 1. The number of hydrogen-bond donors (Lipinski definition) is 1. The molecule has 0 radical (unpaired) electrons. The number of furan rings is 1. The zero-order valence-electron chi connectivity index (χ0n) is 11.2. The third kappa shape index (κ3) is 2.27. The van der Waals surface area contributed by atoms with Gasteiger partial charge in [-0.3, -0.25) is 0 Å². The fourth-order valence-corrected chi connectivity index (χ4v) is 3.15. The standard InChI is InChI=1S/C16H19FO2/c1-16(7-3-2-4-8-16)15(18)14-10-11-9-12(17)5-6-13(11)19-14/h5-6,9-10,15,18H,2-4,7-8H2,1H3. The summed E-state index contributed by atoms with van der Waals surface area (Å²) in [5.74, 6) is 0.281.